The van der Waals surface area contributed by atoms with Crippen molar-refractivity contribution in [3.05, 3.63) is 40.9 Å². The number of anilines is 1. The largest absolute Gasteiger partial charge is 0.300 e. The minimum atomic E-state index is -0.136. The lowest BCUT2D eigenvalue weighted by Gasteiger charge is -2.15. The lowest BCUT2D eigenvalue weighted by Crippen LogP contribution is -2.21. The van der Waals surface area contributed by atoms with E-state index in [-0.39, 0.29) is 11.8 Å². The number of carbonyl (C=O) groups excluding carboxylic acids is 1. The summed E-state index contributed by atoms with van der Waals surface area (Å²) in [6, 6.07) is 9.91. The first kappa shape index (κ1) is 16.6. The van der Waals surface area contributed by atoms with E-state index in [2.05, 4.69) is 36.3 Å². The van der Waals surface area contributed by atoms with Crippen LogP contribution in [0.4, 0.5) is 5.13 Å². The molecule has 118 valence electrons. The summed E-state index contributed by atoms with van der Waals surface area (Å²) in [4.78, 5) is 12.6. The van der Waals surface area contributed by atoms with E-state index in [1.807, 2.05) is 30.3 Å². The molecule has 1 atom stereocenters. The van der Waals surface area contributed by atoms with Gasteiger partial charge in [0.2, 0.25) is 11.0 Å². The molecule has 0 radical (unpaired) electrons. The smallest absolute Gasteiger partial charge is 0.233 e. The number of benzene rings is 1. The highest BCUT2D eigenvalue weighted by atomic mass is 32.1. The predicted molar refractivity (Wildman–Crippen MR) is 91.2 cm³/mol. The molecular formula is C17H23N3OS. The summed E-state index contributed by atoms with van der Waals surface area (Å²) < 4.78 is 0. The van der Waals surface area contributed by atoms with Gasteiger partial charge < -0.3 is 0 Å². The third kappa shape index (κ3) is 4.63. The minimum Gasteiger partial charge on any atom is -0.300 e. The highest BCUT2D eigenvalue weighted by Gasteiger charge is 2.21. The number of carbonyl (C=O) groups is 1. The third-order valence-electron chi connectivity index (χ3n) is 3.38. The number of amides is 1. The Labute approximate surface area is 136 Å². The fourth-order valence-corrected chi connectivity index (χ4v) is 3.31. The average molecular weight is 317 g/mol. The Kier molecular flexibility index (Phi) is 6.07. The summed E-state index contributed by atoms with van der Waals surface area (Å²) >= 11 is 1.47. The molecule has 0 spiro atoms. The molecule has 1 N–H and O–H groups in total. The van der Waals surface area contributed by atoms with E-state index in [0.29, 0.717) is 11.0 Å². The van der Waals surface area contributed by atoms with E-state index in [0.717, 1.165) is 29.8 Å². The van der Waals surface area contributed by atoms with E-state index in [4.69, 9.17) is 0 Å². The van der Waals surface area contributed by atoms with Crippen molar-refractivity contribution in [2.75, 3.05) is 5.32 Å². The maximum Gasteiger partial charge on any atom is 0.233 e. The molecule has 1 aromatic heterocycles. The van der Waals surface area contributed by atoms with Gasteiger partial charge in [-0.25, -0.2) is 0 Å². The lowest BCUT2D eigenvalue weighted by atomic mass is 9.94. The molecule has 5 heteroatoms. The number of nitrogens with one attached hydrogen (secondary N) is 1. The Balaban J connectivity index is 2.06. The number of hydrogen-bond acceptors (Lipinski definition) is 4. The van der Waals surface area contributed by atoms with Crippen LogP contribution in [0.2, 0.25) is 0 Å². The second-order valence-electron chi connectivity index (χ2n) is 5.84. The van der Waals surface area contributed by atoms with Crippen LogP contribution in [0.1, 0.15) is 50.1 Å². The van der Waals surface area contributed by atoms with Crippen LogP contribution in [0.25, 0.3) is 0 Å². The van der Waals surface area contributed by atoms with Crippen LogP contribution in [0.5, 0.6) is 0 Å². The first-order chi connectivity index (χ1) is 10.6. The Morgan fingerprint density at radius 1 is 1.23 bits per heavy atom. The standard InChI is InChI=1S/C17H23N3OS/c1-4-8-14(13-9-6-5-7-10-13)16(21)18-17-20-19-15(22-17)11-12(2)3/h5-7,9-10,12,14H,4,8,11H2,1-3H3,(H,18,20,21). The van der Waals surface area contributed by atoms with Crippen LogP contribution in [0.3, 0.4) is 0 Å². The van der Waals surface area contributed by atoms with Crippen molar-refractivity contribution in [2.24, 2.45) is 5.92 Å². The van der Waals surface area contributed by atoms with Gasteiger partial charge in [-0.2, -0.15) is 0 Å². The van der Waals surface area contributed by atoms with Gasteiger partial charge in [0.25, 0.3) is 0 Å². The zero-order valence-corrected chi connectivity index (χ0v) is 14.2. The number of nitrogens with zero attached hydrogens (tertiary/aromatic N) is 2. The average Bonchev–Trinajstić information content (AvgIpc) is 2.91. The second kappa shape index (κ2) is 8.03. The van der Waals surface area contributed by atoms with Crippen LogP contribution in [-0.4, -0.2) is 16.1 Å². The van der Waals surface area contributed by atoms with Crippen molar-refractivity contribution >= 4 is 22.4 Å². The molecule has 1 heterocycles. The van der Waals surface area contributed by atoms with E-state index in [9.17, 15) is 4.79 Å². The van der Waals surface area contributed by atoms with Crippen molar-refractivity contribution in [3.63, 3.8) is 0 Å². The van der Waals surface area contributed by atoms with E-state index >= 15 is 0 Å². The SMILES string of the molecule is CCCC(C(=O)Nc1nnc(CC(C)C)s1)c1ccccc1. The van der Waals surface area contributed by atoms with Crippen molar-refractivity contribution in [3.8, 4) is 0 Å². The van der Waals surface area contributed by atoms with Gasteiger partial charge in [-0.1, -0.05) is 68.9 Å². The van der Waals surface area contributed by atoms with Crippen molar-refractivity contribution < 1.29 is 4.79 Å². The first-order valence-corrected chi connectivity index (χ1v) is 8.60. The molecule has 0 aliphatic carbocycles. The molecule has 4 nitrogen and oxygen atoms in total. The second-order valence-corrected chi connectivity index (χ2v) is 6.90. The monoisotopic (exact) mass is 317 g/mol. The van der Waals surface area contributed by atoms with Crippen molar-refractivity contribution in [1.29, 1.82) is 0 Å². The van der Waals surface area contributed by atoms with Crippen LogP contribution < -0.4 is 5.32 Å². The molecule has 1 aromatic carbocycles. The van der Waals surface area contributed by atoms with Crippen LogP contribution in [0.15, 0.2) is 30.3 Å². The molecule has 0 bridgehead atoms. The summed E-state index contributed by atoms with van der Waals surface area (Å²) in [6.45, 7) is 6.38. The Hall–Kier alpha value is -1.75. The summed E-state index contributed by atoms with van der Waals surface area (Å²) in [7, 11) is 0. The van der Waals surface area contributed by atoms with Crippen LogP contribution >= 0.6 is 11.3 Å². The van der Waals surface area contributed by atoms with Gasteiger partial charge >= 0.3 is 0 Å². The molecule has 0 fully saturated rings. The maximum absolute atomic E-state index is 12.6. The van der Waals surface area contributed by atoms with E-state index in [1.165, 1.54) is 11.3 Å². The number of aromatic nitrogens is 2. The fraction of sp³-hybridized carbons (Fsp3) is 0.471. The Morgan fingerprint density at radius 2 is 1.95 bits per heavy atom. The van der Waals surface area contributed by atoms with Gasteiger partial charge in [0.05, 0.1) is 5.92 Å². The quantitative estimate of drug-likeness (QED) is 0.830. The summed E-state index contributed by atoms with van der Waals surface area (Å²) in [6.07, 6.45) is 2.68. The summed E-state index contributed by atoms with van der Waals surface area (Å²) in [5, 5.41) is 12.7. The molecule has 2 aromatic rings. The highest BCUT2D eigenvalue weighted by molar-refractivity contribution is 7.15. The van der Waals surface area contributed by atoms with E-state index < -0.39 is 0 Å². The van der Waals surface area contributed by atoms with Crippen LogP contribution in [-0.2, 0) is 11.2 Å². The summed E-state index contributed by atoms with van der Waals surface area (Å²) in [5.41, 5.74) is 1.05. The van der Waals surface area contributed by atoms with Gasteiger partial charge in [0.1, 0.15) is 5.01 Å². The molecule has 1 amide bonds. The lowest BCUT2D eigenvalue weighted by molar-refractivity contribution is -0.117. The maximum atomic E-state index is 12.6. The molecule has 2 rings (SSSR count). The molecule has 0 aliphatic rings. The van der Waals surface area contributed by atoms with E-state index in [1.54, 1.807) is 0 Å². The fourth-order valence-electron chi connectivity index (χ4n) is 2.35. The van der Waals surface area contributed by atoms with Crippen molar-refractivity contribution in [1.82, 2.24) is 10.2 Å². The van der Waals surface area contributed by atoms with Gasteiger partial charge in [-0.15, -0.1) is 10.2 Å². The van der Waals surface area contributed by atoms with Gasteiger partial charge in [0, 0.05) is 6.42 Å². The summed E-state index contributed by atoms with van der Waals surface area (Å²) in [5.74, 6) is 0.401. The number of rotatable bonds is 7. The van der Waals surface area contributed by atoms with Crippen LogP contribution in [0, 0.1) is 5.92 Å². The van der Waals surface area contributed by atoms with Gasteiger partial charge in [-0.3, -0.25) is 10.1 Å². The zero-order chi connectivity index (χ0) is 15.9. The topological polar surface area (TPSA) is 54.9 Å². The molecule has 22 heavy (non-hydrogen) atoms. The number of hydrogen-bond donors (Lipinski definition) is 1. The minimum absolute atomic E-state index is 0.000275. The Bertz CT molecular complexity index is 595. The molecule has 1 unspecified atom stereocenters. The zero-order valence-electron chi connectivity index (χ0n) is 13.4. The molecule has 0 saturated heterocycles. The van der Waals surface area contributed by atoms with Gasteiger partial charge in [-0.05, 0) is 17.9 Å². The predicted octanol–water partition coefficient (Wildman–Crippen LogP) is 4.26. The molecular weight excluding hydrogens is 294 g/mol. The molecule has 0 saturated carbocycles. The first-order valence-electron chi connectivity index (χ1n) is 7.78. The third-order valence-corrected chi connectivity index (χ3v) is 4.24. The van der Waals surface area contributed by atoms with Gasteiger partial charge in [0.15, 0.2) is 0 Å². The molecule has 0 aliphatic heterocycles. The normalized spacial score (nSPS) is 12.4. The highest BCUT2D eigenvalue weighted by Crippen LogP contribution is 2.25. The van der Waals surface area contributed by atoms with Crippen molar-refractivity contribution in [2.45, 2.75) is 46.0 Å². The Morgan fingerprint density at radius 3 is 2.59 bits per heavy atom.